The van der Waals surface area contributed by atoms with Gasteiger partial charge in [-0.25, -0.2) is 24.0 Å². The number of aromatic amines is 1. The molecule has 0 saturated carbocycles. The van der Waals surface area contributed by atoms with E-state index >= 15 is 0 Å². The first-order valence-electron chi connectivity index (χ1n) is 10.7. The number of rotatable bonds is 4. The molecule has 172 valence electrons. The van der Waals surface area contributed by atoms with Gasteiger partial charge in [-0.3, -0.25) is 4.79 Å². The van der Waals surface area contributed by atoms with Crippen molar-refractivity contribution in [3.8, 4) is 5.82 Å². The Morgan fingerprint density at radius 3 is 2.91 bits per heavy atom. The van der Waals surface area contributed by atoms with Crippen LogP contribution in [0.25, 0.3) is 22.4 Å². The highest BCUT2D eigenvalue weighted by molar-refractivity contribution is 7.91. The molecule has 0 bridgehead atoms. The van der Waals surface area contributed by atoms with Crippen LogP contribution in [0.2, 0.25) is 5.02 Å². The summed E-state index contributed by atoms with van der Waals surface area (Å²) in [5.74, 6) is 1.65. The number of pyridine rings is 1. The van der Waals surface area contributed by atoms with Crippen molar-refractivity contribution in [1.29, 1.82) is 0 Å². The molecule has 1 aliphatic heterocycles. The first-order chi connectivity index (χ1) is 16.5. The Labute approximate surface area is 201 Å². The van der Waals surface area contributed by atoms with Gasteiger partial charge in [-0.1, -0.05) is 17.7 Å². The summed E-state index contributed by atoms with van der Waals surface area (Å²) in [6, 6.07) is 6.77. The van der Waals surface area contributed by atoms with Gasteiger partial charge in [0.05, 0.1) is 17.3 Å². The van der Waals surface area contributed by atoms with Gasteiger partial charge in [0.2, 0.25) is 0 Å². The Morgan fingerprint density at radius 2 is 2.12 bits per heavy atom. The van der Waals surface area contributed by atoms with E-state index < -0.39 is 11.2 Å². The number of fused-ring (bicyclic) bond motifs is 2. The van der Waals surface area contributed by atoms with Crippen molar-refractivity contribution >= 4 is 45.1 Å². The highest BCUT2D eigenvalue weighted by Crippen LogP contribution is 2.39. The van der Waals surface area contributed by atoms with E-state index in [0.29, 0.717) is 50.5 Å². The van der Waals surface area contributed by atoms with Crippen molar-refractivity contribution < 1.29 is 4.55 Å². The van der Waals surface area contributed by atoms with E-state index in [4.69, 9.17) is 16.7 Å². The van der Waals surface area contributed by atoms with Crippen molar-refractivity contribution in [3.63, 3.8) is 0 Å². The Kier molecular flexibility index (Phi) is 5.05. The van der Waals surface area contributed by atoms with Crippen LogP contribution in [0, 0.1) is 0 Å². The molecule has 10 nitrogen and oxygen atoms in total. The minimum absolute atomic E-state index is 0.272. The van der Waals surface area contributed by atoms with E-state index in [1.807, 2.05) is 6.07 Å². The van der Waals surface area contributed by atoms with E-state index in [1.165, 1.54) is 15.4 Å². The molecule has 6 heterocycles. The average Bonchev–Trinajstić information content (AvgIpc) is 3.57. The number of halogens is 1. The number of nitrogens with zero attached hydrogens (tertiary/aromatic N) is 7. The molecule has 0 aromatic carbocycles. The quantitative estimate of drug-likeness (QED) is 0.381. The number of hydrogen-bond acceptors (Lipinski definition) is 7. The summed E-state index contributed by atoms with van der Waals surface area (Å²) >= 11 is 5.09. The van der Waals surface area contributed by atoms with Crippen LogP contribution in [-0.4, -0.2) is 51.5 Å². The summed E-state index contributed by atoms with van der Waals surface area (Å²) in [4.78, 5) is 32.8. The normalized spacial score (nSPS) is 17.1. The maximum atomic E-state index is 13.6. The lowest BCUT2D eigenvalue weighted by molar-refractivity contribution is 0.597. The van der Waals surface area contributed by atoms with E-state index in [0.717, 1.165) is 12.8 Å². The second-order valence-electron chi connectivity index (χ2n) is 8.02. The maximum absolute atomic E-state index is 13.6. The van der Waals surface area contributed by atoms with E-state index in [1.54, 1.807) is 43.0 Å². The zero-order chi connectivity index (χ0) is 23.4. The largest absolute Gasteiger partial charge is 0.612 e. The van der Waals surface area contributed by atoms with Crippen molar-refractivity contribution in [2.45, 2.75) is 23.8 Å². The predicted octanol–water partition coefficient (Wildman–Crippen LogP) is 2.88. The summed E-state index contributed by atoms with van der Waals surface area (Å²) in [6.07, 6.45) is 9.76. The molecule has 1 N–H and O–H groups in total. The SMILES string of the molecule is C[S@+]([O-])c1c[nH]c2ncnc(N3CCCC3c3nn4ccc(Cl)c4c(=O)n3-c3ccccn3)c12. The molecule has 34 heavy (non-hydrogen) atoms. The number of anilines is 1. The van der Waals surface area contributed by atoms with Crippen LogP contribution in [0.15, 0.2) is 58.9 Å². The Hall–Kier alpha value is -3.41. The monoisotopic (exact) mass is 494 g/mol. The Bertz CT molecular complexity index is 1580. The lowest BCUT2D eigenvalue weighted by Gasteiger charge is -2.27. The second-order valence-corrected chi connectivity index (χ2v) is 9.78. The van der Waals surface area contributed by atoms with Crippen LogP contribution in [0.1, 0.15) is 24.7 Å². The van der Waals surface area contributed by atoms with Gasteiger partial charge in [0, 0.05) is 18.9 Å². The van der Waals surface area contributed by atoms with E-state index in [-0.39, 0.29) is 11.6 Å². The van der Waals surface area contributed by atoms with Crippen LogP contribution in [0.5, 0.6) is 0 Å². The van der Waals surface area contributed by atoms with Gasteiger partial charge in [0.25, 0.3) is 5.56 Å². The third-order valence-corrected chi connectivity index (χ3v) is 7.33. The molecule has 5 aromatic rings. The van der Waals surface area contributed by atoms with Crippen molar-refractivity contribution in [2.75, 3.05) is 17.7 Å². The van der Waals surface area contributed by atoms with Gasteiger partial charge in [0.1, 0.15) is 40.8 Å². The van der Waals surface area contributed by atoms with Gasteiger partial charge in [0.15, 0.2) is 10.7 Å². The number of hydrogen-bond donors (Lipinski definition) is 1. The second kappa shape index (κ2) is 8.12. The molecule has 0 amide bonds. The number of nitrogens with one attached hydrogen (secondary N) is 1. The van der Waals surface area contributed by atoms with Crippen molar-refractivity contribution in [2.24, 2.45) is 0 Å². The molecule has 6 rings (SSSR count). The third kappa shape index (κ3) is 3.19. The minimum Gasteiger partial charge on any atom is -0.612 e. The first-order valence-corrected chi connectivity index (χ1v) is 12.6. The molecule has 12 heteroatoms. The average molecular weight is 495 g/mol. The molecular weight excluding hydrogens is 476 g/mol. The lowest BCUT2D eigenvalue weighted by atomic mass is 10.2. The van der Waals surface area contributed by atoms with Crippen LogP contribution >= 0.6 is 11.6 Å². The van der Waals surface area contributed by atoms with Crippen LogP contribution in [0.3, 0.4) is 0 Å². The summed E-state index contributed by atoms with van der Waals surface area (Å²) in [6.45, 7) is 0.695. The Morgan fingerprint density at radius 1 is 1.24 bits per heavy atom. The van der Waals surface area contributed by atoms with Crippen LogP contribution in [0.4, 0.5) is 5.82 Å². The summed E-state index contributed by atoms with van der Waals surface area (Å²) in [5, 5.41) is 5.86. The minimum atomic E-state index is -1.23. The topological polar surface area (TPSA) is 120 Å². The molecular formula is C22H19ClN8O2S. The van der Waals surface area contributed by atoms with E-state index in [2.05, 4.69) is 24.8 Å². The highest BCUT2D eigenvalue weighted by atomic mass is 35.5. The van der Waals surface area contributed by atoms with Crippen molar-refractivity contribution in [1.82, 2.24) is 34.1 Å². The van der Waals surface area contributed by atoms with Gasteiger partial charge in [-0.15, -0.1) is 0 Å². The molecule has 0 spiro atoms. The number of H-pyrrole nitrogens is 1. The van der Waals surface area contributed by atoms with Crippen molar-refractivity contribution in [3.05, 3.63) is 70.4 Å². The summed E-state index contributed by atoms with van der Waals surface area (Å²) in [5.41, 5.74) is 0.610. The molecule has 1 unspecified atom stereocenters. The fourth-order valence-electron chi connectivity index (χ4n) is 4.62. The molecule has 1 fully saturated rings. The fourth-order valence-corrected chi connectivity index (χ4v) is 5.55. The van der Waals surface area contributed by atoms with E-state index in [9.17, 15) is 9.35 Å². The molecule has 2 atom stereocenters. The standard InChI is InChI=1S/C22H19ClN8O2S/c1-34(33)15-11-25-19-17(15)21(27-12-26-19)29-9-4-5-14(29)20-28-30-10-7-13(23)18(30)22(32)31(20)16-6-2-3-8-24-16/h2-3,6-8,10-12,14H,4-5,9H2,1H3,(H,25,26,27)/t14?,34-/m0/s1. The van der Waals surface area contributed by atoms with Gasteiger partial charge >= 0.3 is 0 Å². The molecule has 0 radical (unpaired) electrons. The summed E-state index contributed by atoms with van der Waals surface area (Å²) < 4.78 is 15.5. The van der Waals surface area contributed by atoms with Crippen LogP contribution < -0.4 is 10.5 Å². The van der Waals surface area contributed by atoms with Gasteiger partial charge < -0.3 is 14.4 Å². The number of aromatic nitrogens is 7. The van der Waals surface area contributed by atoms with Gasteiger partial charge in [-0.2, -0.15) is 5.10 Å². The molecule has 0 aliphatic carbocycles. The fraction of sp³-hybridized carbons (Fsp3) is 0.227. The summed E-state index contributed by atoms with van der Waals surface area (Å²) in [7, 11) is 0. The zero-order valence-corrected chi connectivity index (χ0v) is 19.6. The first kappa shape index (κ1) is 21.1. The molecule has 5 aromatic heterocycles. The molecule has 1 aliphatic rings. The zero-order valence-electron chi connectivity index (χ0n) is 18.1. The van der Waals surface area contributed by atoms with Crippen LogP contribution in [-0.2, 0) is 11.2 Å². The predicted molar refractivity (Wildman–Crippen MR) is 129 cm³/mol. The lowest BCUT2D eigenvalue weighted by Crippen LogP contribution is -2.33. The smallest absolute Gasteiger partial charge is 0.285 e. The van der Waals surface area contributed by atoms with Gasteiger partial charge in [-0.05, 0) is 42.2 Å². The third-order valence-electron chi connectivity index (χ3n) is 6.09. The Balaban J connectivity index is 1.59. The molecule has 1 saturated heterocycles. The highest BCUT2D eigenvalue weighted by Gasteiger charge is 2.35. The maximum Gasteiger partial charge on any atom is 0.285 e.